The summed E-state index contributed by atoms with van der Waals surface area (Å²) in [6.07, 6.45) is 1.98. The number of fused-ring (bicyclic) bond motifs is 1. The van der Waals surface area contributed by atoms with Gasteiger partial charge in [-0.2, -0.15) is 0 Å². The van der Waals surface area contributed by atoms with Gasteiger partial charge in [0.25, 0.3) is 0 Å². The number of rotatable bonds is 2. The molecule has 0 fully saturated rings. The molecule has 2 N–H and O–H groups in total. The zero-order valence-corrected chi connectivity index (χ0v) is 10.6. The minimum atomic E-state index is -0.238. The van der Waals surface area contributed by atoms with Crippen LogP contribution in [0, 0.1) is 12.7 Å². The highest BCUT2D eigenvalue weighted by molar-refractivity contribution is 5.67. The van der Waals surface area contributed by atoms with Gasteiger partial charge in [-0.3, -0.25) is 4.40 Å². The van der Waals surface area contributed by atoms with Gasteiger partial charge in [-0.25, -0.2) is 9.37 Å². The Hall–Kier alpha value is -2.20. The van der Waals surface area contributed by atoms with Gasteiger partial charge in [0.05, 0.1) is 11.4 Å². The number of pyridine rings is 1. The van der Waals surface area contributed by atoms with Crippen LogP contribution in [0.5, 0.6) is 0 Å². The molecule has 0 bridgehead atoms. The van der Waals surface area contributed by atoms with Crippen LogP contribution >= 0.6 is 0 Å². The van der Waals surface area contributed by atoms with E-state index in [2.05, 4.69) is 4.98 Å². The molecule has 0 amide bonds. The number of aromatic nitrogens is 2. The van der Waals surface area contributed by atoms with Gasteiger partial charge in [0.15, 0.2) is 0 Å². The van der Waals surface area contributed by atoms with Gasteiger partial charge >= 0.3 is 0 Å². The lowest BCUT2D eigenvalue weighted by atomic mass is 10.1. The molecule has 3 nitrogen and oxygen atoms in total. The summed E-state index contributed by atoms with van der Waals surface area (Å²) in [7, 11) is 0. The summed E-state index contributed by atoms with van der Waals surface area (Å²) in [5.41, 5.74) is 10.4. The predicted octanol–water partition coefficient (Wildman–Crippen LogP) is 2.91. The Labute approximate surface area is 110 Å². The molecule has 0 aliphatic carbocycles. The molecule has 0 saturated carbocycles. The van der Waals surface area contributed by atoms with Crippen LogP contribution in [-0.4, -0.2) is 9.38 Å². The van der Waals surface area contributed by atoms with Crippen LogP contribution in [0.2, 0.25) is 0 Å². The van der Waals surface area contributed by atoms with E-state index in [0.717, 1.165) is 28.2 Å². The Bertz CT molecular complexity index is 729. The smallest absolute Gasteiger partial charge is 0.137 e. The fourth-order valence-electron chi connectivity index (χ4n) is 2.28. The minimum Gasteiger partial charge on any atom is -0.326 e. The lowest BCUT2D eigenvalue weighted by Gasteiger charge is -2.05. The number of imidazole rings is 1. The van der Waals surface area contributed by atoms with Gasteiger partial charge in [0.1, 0.15) is 11.5 Å². The monoisotopic (exact) mass is 255 g/mol. The third-order valence-electron chi connectivity index (χ3n) is 3.21. The lowest BCUT2D eigenvalue weighted by molar-refractivity contribution is 0.628. The van der Waals surface area contributed by atoms with Crippen LogP contribution in [0.4, 0.5) is 4.39 Å². The normalized spacial score (nSPS) is 11.1. The maximum Gasteiger partial charge on any atom is 0.137 e. The van der Waals surface area contributed by atoms with Crippen molar-refractivity contribution in [3.63, 3.8) is 0 Å². The summed E-state index contributed by atoms with van der Waals surface area (Å²) in [6, 6.07) is 10.4. The Morgan fingerprint density at radius 3 is 2.58 bits per heavy atom. The minimum absolute atomic E-state index is 0.238. The largest absolute Gasteiger partial charge is 0.326 e. The second-order valence-electron chi connectivity index (χ2n) is 4.52. The van der Waals surface area contributed by atoms with Crippen molar-refractivity contribution in [1.82, 2.24) is 9.38 Å². The van der Waals surface area contributed by atoms with Crippen LogP contribution in [0.1, 0.15) is 11.3 Å². The molecule has 19 heavy (non-hydrogen) atoms. The van der Waals surface area contributed by atoms with Crippen LogP contribution in [0.25, 0.3) is 16.9 Å². The molecule has 4 heteroatoms. The molecule has 0 radical (unpaired) electrons. The molecule has 1 aromatic carbocycles. The van der Waals surface area contributed by atoms with Crippen LogP contribution in [-0.2, 0) is 6.54 Å². The van der Waals surface area contributed by atoms with Crippen molar-refractivity contribution < 1.29 is 4.39 Å². The molecule has 0 saturated heterocycles. The van der Waals surface area contributed by atoms with Crippen molar-refractivity contribution in [2.75, 3.05) is 0 Å². The maximum absolute atomic E-state index is 13.0. The first-order chi connectivity index (χ1) is 9.19. The van der Waals surface area contributed by atoms with Gasteiger partial charge in [-0.1, -0.05) is 6.07 Å². The molecular formula is C15H14FN3. The fourth-order valence-corrected chi connectivity index (χ4v) is 2.28. The summed E-state index contributed by atoms with van der Waals surface area (Å²) < 4.78 is 15.0. The number of hydrogen-bond donors (Lipinski definition) is 1. The zero-order chi connectivity index (χ0) is 13.4. The Morgan fingerprint density at radius 2 is 1.89 bits per heavy atom. The van der Waals surface area contributed by atoms with E-state index < -0.39 is 0 Å². The Morgan fingerprint density at radius 1 is 1.16 bits per heavy atom. The van der Waals surface area contributed by atoms with Crippen LogP contribution in [0.15, 0.2) is 42.6 Å². The van der Waals surface area contributed by atoms with E-state index in [4.69, 9.17) is 5.73 Å². The highest BCUT2D eigenvalue weighted by Gasteiger charge is 2.11. The second-order valence-corrected chi connectivity index (χ2v) is 4.52. The van der Waals surface area contributed by atoms with Crippen molar-refractivity contribution in [2.45, 2.75) is 13.5 Å². The molecule has 0 aliphatic heterocycles. The summed E-state index contributed by atoms with van der Waals surface area (Å²) >= 11 is 0. The van der Waals surface area contributed by atoms with Crippen molar-refractivity contribution >= 4 is 5.65 Å². The highest BCUT2D eigenvalue weighted by atomic mass is 19.1. The molecule has 3 rings (SSSR count). The van der Waals surface area contributed by atoms with Crippen molar-refractivity contribution in [2.24, 2.45) is 5.73 Å². The number of nitrogens with two attached hydrogens (primary N) is 1. The van der Waals surface area contributed by atoms with E-state index in [0.29, 0.717) is 6.54 Å². The topological polar surface area (TPSA) is 43.3 Å². The van der Waals surface area contributed by atoms with Gasteiger partial charge in [-0.05, 0) is 42.8 Å². The zero-order valence-electron chi connectivity index (χ0n) is 10.6. The summed E-state index contributed by atoms with van der Waals surface area (Å²) in [5, 5.41) is 0. The van der Waals surface area contributed by atoms with Gasteiger partial charge < -0.3 is 5.73 Å². The van der Waals surface area contributed by atoms with E-state index in [1.54, 1.807) is 12.1 Å². The lowest BCUT2D eigenvalue weighted by Crippen LogP contribution is -1.99. The van der Waals surface area contributed by atoms with Crippen molar-refractivity contribution in [3.8, 4) is 11.3 Å². The first-order valence-electron chi connectivity index (χ1n) is 6.12. The highest BCUT2D eigenvalue weighted by Crippen LogP contribution is 2.25. The molecular weight excluding hydrogens is 241 g/mol. The number of nitrogens with zero attached hydrogens (tertiary/aromatic N) is 2. The standard InChI is InChI=1S/C15H14FN3/c1-10-15(12-3-5-13(16)6-4-12)19-9-11(8-17)2-7-14(19)18-10/h2-7,9H,8,17H2,1H3. The van der Waals surface area contributed by atoms with E-state index in [1.807, 2.05) is 29.7 Å². The number of hydrogen-bond acceptors (Lipinski definition) is 2. The third kappa shape index (κ3) is 2.00. The predicted molar refractivity (Wildman–Crippen MR) is 73.2 cm³/mol. The van der Waals surface area contributed by atoms with E-state index in [9.17, 15) is 4.39 Å². The van der Waals surface area contributed by atoms with Crippen LogP contribution < -0.4 is 5.73 Å². The SMILES string of the molecule is Cc1nc2ccc(CN)cn2c1-c1ccc(F)cc1. The summed E-state index contributed by atoms with van der Waals surface area (Å²) in [5.74, 6) is -0.238. The first kappa shape index (κ1) is 11.9. The van der Waals surface area contributed by atoms with Crippen molar-refractivity contribution in [1.29, 1.82) is 0 Å². The number of aryl methyl sites for hydroxylation is 1. The Balaban J connectivity index is 2.26. The summed E-state index contributed by atoms with van der Waals surface area (Å²) in [4.78, 5) is 4.52. The average Bonchev–Trinajstić information content (AvgIpc) is 2.75. The molecule has 2 heterocycles. The first-order valence-corrected chi connectivity index (χ1v) is 6.12. The quantitative estimate of drug-likeness (QED) is 0.765. The van der Waals surface area contributed by atoms with E-state index in [-0.39, 0.29) is 5.82 Å². The number of benzene rings is 1. The second kappa shape index (κ2) is 4.48. The molecule has 3 aromatic rings. The van der Waals surface area contributed by atoms with Gasteiger partial charge in [-0.15, -0.1) is 0 Å². The van der Waals surface area contributed by atoms with E-state index >= 15 is 0 Å². The molecule has 0 aliphatic rings. The molecule has 2 aromatic heterocycles. The molecule has 0 spiro atoms. The molecule has 0 unspecified atom stereocenters. The third-order valence-corrected chi connectivity index (χ3v) is 3.21. The Kier molecular flexibility index (Phi) is 2.80. The maximum atomic E-state index is 13.0. The van der Waals surface area contributed by atoms with Crippen LogP contribution in [0.3, 0.4) is 0 Å². The van der Waals surface area contributed by atoms with E-state index in [1.165, 1.54) is 12.1 Å². The molecule has 96 valence electrons. The summed E-state index contributed by atoms with van der Waals surface area (Å²) in [6.45, 7) is 2.43. The number of halogens is 1. The molecule has 0 atom stereocenters. The fraction of sp³-hybridized carbons (Fsp3) is 0.133. The van der Waals surface area contributed by atoms with Crippen molar-refractivity contribution in [3.05, 3.63) is 59.7 Å². The van der Waals surface area contributed by atoms with Gasteiger partial charge in [0, 0.05) is 18.3 Å². The average molecular weight is 255 g/mol. The van der Waals surface area contributed by atoms with Gasteiger partial charge in [0.2, 0.25) is 0 Å².